The SMILES string of the molecule is COc1ccc(NC2=NC(c3ccccc3)=C(c3ccccc3)C2)cc1. The molecule has 26 heavy (non-hydrogen) atoms. The Morgan fingerprint density at radius 1 is 0.769 bits per heavy atom. The van der Waals surface area contributed by atoms with Gasteiger partial charge in [-0.1, -0.05) is 60.7 Å². The summed E-state index contributed by atoms with van der Waals surface area (Å²) < 4.78 is 5.22. The van der Waals surface area contributed by atoms with Gasteiger partial charge in [-0.3, -0.25) is 0 Å². The normalized spacial score (nSPS) is 13.5. The number of rotatable bonds is 4. The molecule has 1 aliphatic heterocycles. The van der Waals surface area contributed by atoms with Crippen LogP contribution in [0.5, 0.6) is 5.75 Å². The molecule has 0 aliphatic carbocycles. The first-order valence-electron chi connectivity index (χ1n) is 8.66. The number of nitrogens with zero attached hydrogens (tertiary/aromatic N) is 1. The van der Waals surface area contributed by atoms with Crippen LogP contribution in [-0.4, -0.2) is 12.9 Å². The van der Waals surface area contributed by atoms with Crippen LogP contribution < -0.4 is 10.1 Å². The van der Waals surface area contributed by atoms with Crippen LogP contribution in [0.2, 0.25) is 0 Å². The van der Waals surface area contributed by atoms with Crippen molar-refractivity contribution in [2.45, 2.75) is 6.42 Å². The summed E-state index contributed by atoms with van der Waals surface area (Å²) in [5, 5.41) is 3.44. The van der Waals surface area contributed by atoms with E-state index in [0.717, 1.165) is 35.0 Å². The lowest BCUT2D eigenvalue weighted by molar-refractivity contribution is 0.415. The first-order valence-corrected chi connectivity index (χ1v) is 8.66. The highest BCUT2D eigenvalue weighted by molar-refractivity contribution is 6.13. The molecule has 3 heteroatoms. The fourth-order valence-corrected chi connectivity index (χ4v) is 3.12. The zero-order valence-electron chi connectivity index (χ0n) is 14.6. The summed E-state index contributed by atoms with van der Waals surface area (Å²) in [6, 6.07) is 28.7. The third kappa shape index (κ3) is 3.38. The van der Waals surface area contributed by atoms with E-state index in [4.69, 9.17) is 9.73 Å². The number of methoxy groups -OCH3 is 1. The molecule has 3 aromatic rings. The van der Waals surface area contributed by atoms with Crippen molar-refractivity contribution in [1.82, 2.24) is 0 Å². The Labute approximate surface area is 153 Å². The molecule has 0 spiro atoms. The van der Waals surface area contributed by atoms with Crippen LogP contribution in [-0.2, 0) is 0 Å². The molecule has 1 heterocycles. The van der Waals surface area contributed by atoms with Gasteiger partial charge < -0.3 is 10.1 Å². The molecular weight excluding hydrogens is 320 g/mol. The molecule has 0 aromatic heterocycles. The fraction of sp³-hybridized carbons (Fsp3) is 0.0870. The van der Waals surface area contributed by atoms with Crippen LogP contribution in [0.25, 0.3) is 11.3 Å². The summed E-state index contributed by atoms with van der Waals surface area (Å²) >= 11 is 0. The molecule has 0 saturated heterocycles. The lowest BCUT2D eigenvalue weighted by Gasteiger charge is -2.08. The van der Waals surface area contributed by atoms with Gasteiger partial charge in [0.1, 0.15) is 11.6 Å². The van der Waals surface area contributed by atoms with E-state index >= 15 is 0 Å². The van der Waals surface area contributed by atoms with Gasteiger partial charge in [-0.25, -0.2) is 4.99 Å². The molecule has 3 aromatic carbocycles. The average molecular weight is 340 g/mol. The first-order chi connectivity index (χ1) is 12.8. The first kappa shape index (κ1) is 16.2. The predicted octanol–water partition coefficient (Wildman–Crippen LogP) is 5.48. The van der Waals surface area contributed by atoms with Gasteiger partial charge in [0.15, 0.2) is 0 Å². The summed E-state index contributed by atoms with van der Waals surface area (Å²) in [5.74, 6) is 1.80. The monoisotopic (exact) mass is 340 g/mol. The topological polar surface area (TPSA) is 33.6 Å². The van der Waals surface area contributed by atoms with Gasteiger partial charge in [-0.15, -0.1) is 0 Å². The minimum Gasteiger partial charge on any atom is -0.497 e. The van der Waals surface area contributed by atoms with Gasteiger partial charge in [0.25, 0.3) is 0 Å². The van der Waals surface area contributed by atoms with E-state index in [2.05, 4.69) is 53.8 Å². The number of hydrogen-bond donors (Lipinski definition) is 1. The van der Waals surface area contributed by atoms with Crippen molar-refractivity contribution >= 4 is 22.8 Å². The van der Waals surface area contributed by atoms with Crippen molar-refractivity contribution in [3.63, 3.8) is 0 Å². The molecule has 0 radical (unpaired) electrons. The molecule has 0 unspecified atom stereocenters. The largest absolute Gasteiger partial charge is 0.497 e. The Morgan fingerprint density at radius 3 is 2.00 bits per heavy atom. The molecule has 0 saturated carbocycles. The van der Waals surface area contributed by atoms with Crippen LogP contribution in [0.3, 0.4) is 0 Å². The van der Waals surface area contributed by atoms with E-state index in [1.807, 2.05) is 36.4 Å². The zero-order chi connectivity index (χ0) is 17.8. The van der Waals surface area contributed by atoms with Crippen molar-refractivity contribution < 1.29 is 4.74 Å². The number of aliphatic imine (C=N–C) groups is 1. The van der Waals surface area contributed by atoms with E-state index < -0.39 is 0 Å². The standard InChI is InChI=1S/C23H20N2O/c1-26-20-14-12-19(13-15-20)24-22-16-21(17-8-4-2-5-9-17)23(25-22)18-10-6-3-7-11-18/h2-15H,16H2,1H3,(H,24,25). The van der Waals surface area contributed by atoms with Crippen molar-refractivity contribution in [2.75, 3.05) is 12.4 Å². The van der Waals surface area contributed by atoms with E-state index in [9.17, 15) is 0 Å². The van der Waals surface area contributed by atoms with Crippen LogP contribution >= 0.6 is 0 Å². The van der Waals surface area contributed by atoms with Crippen molar-refractivity contribution in [3.8, 4) is 5.75 Å². The maximum absolute atomic E-state index is 5.22. The highest BCUT2D eigenvalue weighted by Crippen LogP contribution is 2.35. The predicted molar refractivity (Wildman–Crippen MR) is 108 cm³/mol. The van der Waals surface area contributed by atoms with E-state index in [1.165, 1.54) is 11.1 Å². The lowest BCUT2D eigenvalue weighted by Crippen LogP contribution is -2.09. The molecule has 0 bridgehead atoms. The second-order valence-corrected chi connectivity index (χ2v) is 6.15. The number of amidine groups is 1. The Morgan fingerprint density at radius 2 is 1.38 bits per heavy atom. The van der Waals surface area contributed by atoms with Gasteiger partial charge in [0.2, 0.25) is 0 Å². The van der Waals surface area contributed by atoms with Crippen LogP contribution in [0, 0.1) is 0 Å². The van der Waals surface area contributed by atoms with Crippen molar-refractivity contribution in [3.05, 3.63) is 96.1 Å². The minimum absolute atomic E-state index is 0.778. The highest BCUT2D eigenvalue weighted by atomic mass is 16.5. The number of anilines is 1. The van der Waals surface area contributed by atoms with E-state index in [0.29, 0.717) is 0 Å². The molecular formula is C23H20N2O. The third-order valence-electron chi connectivity index (χ3n) is 4.42. The smallest absolute Gasteiger partial charge is 0.119 e. The second-order valence-electron chi connectivity index (χ2n) is 6.15. The third-order valence-corrected chi connectivity index (χ3v) is 4.42. The number of hydrogen-bond acceptors (Lipinski definition) is 3. The highest BCUT2D eigenvalue weighted by Gasteiger charge is 2.20. The maximum Gasteiger partial charge on any atom is 0.119 e. The number of ether oxygens (including phenoxy) is 1. The van der Waals surface area contributed by atoms with Gasteiger partial charge in [0.05, 0.1) is 12.8 Å². The minimum atomic E-state index is 0.778. The Hall–Kier alpha value is -3.33. The molecule has 128 valence electrons. The molecule has 4 rings (SSSR count). The van der Waals surface area contributed by atoms with Crippen molar-refractivity contribution in [1.29, 1.82) is 0 Å². The van der Waals surface area contributed by atoms with Gasteiger partial charge in [0, 0.05) is 17.7 Å². The molecule has 1 aliphatic rings. The summed E-state index contributed by atoms with van der Waals surface area (Å²) in [6.07, 6.45) is 0.778. The maximum atomic E-state index is 5.22. The second kappa shape index (κ2) is 7.28. The van der Waals surface area contributed by atoms with E-state index in [1.54, 1.807) is 7.11 Å². The molecule has 0 fully saturated rings. The van der Waals surface area contributed by atoms with Crippen molar-refractivity contribution in [2.24, 2.45) is 4.99 Å². The summed E-state index contributed by atoms with van der Waals surface area (Å²) in [4.78, 5) is 4.91. The Balaban J connectivity index is 1.65. The quantitative estimate of drug-likeness (QED) is 0.682. The average Bonchev–Trinajstić information content (AvgIpc) is 3.14. The fourth-order valence-electron chi connectivity index (χ4n) is 3.12. The summed E-state index contributed by atoms with van der Waals surface area (Å²) in [6.45, 7) is 0. The number of benzene rings is 3. The van der Waals surface area contributed by atoms with Crippen LogP contribution in [0.4, 0.5) is 5.69 Å². The van der Waals surface area contributed by atoms with Gasteiger partial charge in [-0.05, 0) is 35.4 Å². The lowest BCUT2D eigenvalue weighted by atomic mass is 9.99. The van der Waals surface area contributed by atoms with Gasteiger partial charge in [-0.2, -0.15) is 0 Å². The Bertz CT molecular complexity index is 943. The molecule has 0 amide bonds. The molecule has 0 atom stereocenters. The molecule has 3 nitrogen and oxygen atoms in total. The Kier molecular flexibility index (Phi) is 4.52. The molecule has 1 N–H and O–H groups in total. The van der Waals surface area contributed by atoms with Crippen LogP contribution in [0.15, 0.2) is 89.9 Å². The summed E-state index contributed by atoms with van der Waals surface area (Å²) in [5.41, 5.74) is 5.63. The van der Waals surface area contributed by atoms with E-state index in [-0.39, 0.29) is 0 Å². The zero-order valence-corrected chi connectivity index (χ0v) is 14.6. The summed E-state index contributed by atoms with van der Waals surface area (Å²) in [7, 11) is 1.67. The van der Waals surface area contributed by atoms with Gasteiger partial charge >= 0.3 is 0 Å². The van der Waals surface area contributed by atoms with Crippen LogP contribution in [0.1, 0.15) is 17.5 Å². The number of nitrogens with one attached hydrogen (secondary N) is 1.